The van der Waals surface area contributed by atoms with E-state index in [0.717, 1.165) is 11.6 Å². The number of hydrogen-bond acceptors (Lipinski definition) is 2. The fraction of sp³-hybridized carbons (Fsp3) is 0.533. The smallest absolute Gasteiger partial charge is 0.0992 e. The van der Waals surface area contributed by atoms with Gasteiger partial charge < -0.3 is 5.32 Å². The van der Waals surface area contributed by atoms with Crippen molar-refractivity contribution in [3.63, 3.8) is 0 Å². The molecule has 0 bridgehead atoms. The fourth-order valence-electron chi connectivity index (χ4n) is 2.63. The Bertz CT molecular complexity index is 464. The Hall–Kier alpha value is -1.20. The van der Waals surface area contributed by atoms with Gasteiger partial charge in [0, 0.05) is 6.04 Å². The van der Waals surface area contributed by atoms with Crippen LogP contribution in [0.1, 0.15) is 38.7 Å². The lowest BCUT2D eigenvalue weighted by Gasteiger charge is -2.34. The van der Waals surface area contributed by atoms with Crippen molar-refractivity contribution >= 4 is 17.3 Å². The molecular weight excluding hydrogens is 244 g/mol. The first-order valence-electron chi connectivity index (χ1n) is 6.56. The van der Waals surface area contributed by atoms with Crippen molar-refractivity contribution in [2.45, 2.75) is 39.2 Å². The van der Waals surface area contributed by atoms with Crippen LogP contribution in [-0.4, -0.2) is 6.04 Å². The Morgan fingerprint density at radius 1 is 1.33 bits per heavy atom. The van der Waals surface area contributed by atoms with Crippen LogP contribution in [0.4, 0.5) is 5.69 Å². The molecule has 0 radical (unpaired) electrons. The third kappa shape index (κ3) is 2.97. The molecule has 3 atom stereocenters. The van der Waals surface area contributed by atoms with Crippen LogP contribution < -0.4 is 5.32 Å². The van der Waals surface area contributed by atoms with Crippen molar-refractivity contribution < 1.29 is 0 Å². The van der Waals surface area contributed by atoms with Crippen molar-refractivity contribution in [2.24, 2.45) is 11.8 Å². The second-order valence-electron chi connectivity index (χ2n) is 5.45. The second-order valence-corrected chi connectivity index (χ2v) is 5.86. The van der Waals surface area contributed by atoms with Crippen LogP contribution in [0.25, 0.3) is 0 Å². The summed E-state index contributed by atoms with van der Waals surface area (Å²) in [4.78, 5) is 0. The van der Waals surface area contributed by atoms with E-state index in [0.29, 0.717) is 22.5 Å². The van der Waals surface area contributed by atoms with E-state index in [-0.39, 0.29) is 0 Å². The first kappa shape index (κ1) is 13.2. The molecule has 1 saturated carbocycles. The van der Waals surface area contributed by atoms with Gasteiger partial charge >= 0.3 is 0 Å². The van der Waals surface area contributed by atoms with E-state index < -0.39 is 0 Å². The van der Waals surface area contributed by atoms with Crippen LogP contribution in [0.2, 0.25) is 5.02 Å². The van der Waals surface area contributed by atoms with E-state index in [9.17, 15) is 0 Å². The molecule has 3 unspecified atom stereocenters. The Morgan fingerprint density at radius 3 is 2.78 bits per heavy atom. The van der Waals surface area contributed by atoms with Crippen molar-refractivity contribution in [2.75, 3.05) is 5.32 Å². The molecular formula is C15H19ClN2. The molecule has 2 nitrogen and oxygen atoms in total. The number of hydrogen-bond donors (Lipinski definition) is 1. The van der Waals surface area contributed by atoms with Gasteiger partial charge in [0.05, 0.1) is 22.3 Å². The highest BCUT2D eigenvalue weighted by atomic mass is 35.5. The topological polar surface area (TPSA) is 35.8 Å². The van der Waals surface area contributed by atoms with Gasteiger partial charge in [0.25, 0.3) is 0 Å². The third-order valence-electron chi connectivity index (χ3n) is 3.90. The summed E-state index contributed by atoms with van der Waals surface area (Å²) < 4.78 is 0. The van der Waals surface area contributed by atoms with E-state index in [1.165, 1.54) is 19.3 Å². The fourth-order valence-corrected chi connectivity index (χ4v) is 2.87. The molecule has 1 fully saturated rings. The SMILES string of the molecule is CC1CCC(C)C(Nc2ccc(C#N)cc2Cl)C1. The molecule has 0 aliphatic heterocycles. The van der Waals surface area contributed by atoms with Crippen LogP contribution in [0.3, 0.4) is 0 Å². The average Bonchev–Trinajstić information content (AvgIpc) is 2.36. The summed E-state index contributed by atoms with van der Waals surface area (Å²) in [5.74, 6) is 1.45. The van der Waals surface area contributed by atoms with Gasteiger partial charge in [0.1, 0.15) is 0 Å². The van der Waals surface area contributed by atoms with E-state index in [1.54, 1.807) is 6.07 Å². The van der Waals surface area contributed by atoms with Crippen molar-refractivity contribution in [1.82, 2.24) is 0 Å². The summed E-state index contributed by atoms with van der Waals surface area (Å²) in [6.07, 6.45) is 3.78. The Morgan fingerprint density at radius 2 is 2.11 bits per heavy atom. The molecule has 1 aromatic carbocycles. The number of rotatable bonds is 2. The van der Waals surface area contributed by atoms with Crippen LogP contribution >= 0.6 is 11.6 Å². The Kier molecular flexibility index (Phi) is 4.14. The zero-order valence-electron chi connectivity index (χ0n) is 10.9. The van der Waals surface area contributed by atoms with Gasteiger partial charge in [0.15, 0.2) is 0 Å². The van der Waals surface area contributed by atoms with Gasteiger partial charge in [-0.05, 0) is 42.9 Å². The highest BCUT2D eigenvalue weighted by Gasteiger charge is 2.25. The molecule has 3 heteroatoms. The average molecular weight is 263 g/mol. The van der Waals surface area contributed by atoms with Crippen LogP contribution in [0.5, 0.6) is 0 Å². The predicted molar refractivity (Wildman–Crippen MR) is 75.8 cm³/mol. The molecule has 1 aliphatic rings. The highest BCUT2D eigenvalue weighted by Crippen LogP contribution is 2.32. The van der Waals surface area contributed by atoms with Crippen molar-refractivity contribution in [3.05, 3.63) is 28.8 Å². The molecule has 1 aromatic rings. The highest BCUT2D eigenvalue weighted by molar-refractivity contribution is 6.33. The lowest BCUT2D eigenvalue weighted by Crippen LogP contribution is -2.33. The summed E-state index contributed by atoms with van der Waals surface area (Å²) in [5.41, 5.74) is 1.55. The van der Waals surface area contributed by atoms with Crippen LogP contribution in [0.15, 0.2) is 18.2 Å². The summed E-state index contributed by atoms with van der Waals surface area (Å²) in [5, 5.41) is 13.0. The van der Waals surface area contributed by atoms with E-state index in [2.05, 4.69) is 25.2 Å². The summed E-state index contributed by atoms with van der Waals surface area (Å²) in [6, 6.07) is 8.03. The predicted octanol–water partition coefficient (Wildman–Crippen LogP) is 4.45. The third-order valence-corrected chi connectivity index (χ3v) is 4.21. The Labute approximate surface area is 114 Å². The number of anilines is 1. The summed E-state index contributed by atoms with van der Waals surface area (Å²) in [7, 11) is 0. The lowest BCUT2D eigenvalue weighted by molar-refractivity contribution is 0.281. The number of halogens is 1. The molecule has 0 spiro atoms. The van der Waals surface area contributed by atoms with Crippen molar-refractivity contribution in [3.8, 4) is 6.07 Å². The maximum Gasteiger partial charge on any atom is 0.0992 e. The standard InChI is InChI=1S/C15H19ClN2/c1-10-3-4-11(2)15(7-10)18-14-6-5-12(9-17)8-13(14)16/h5-6,8,10-11,15,18H,3-4,7H2,1-2H3. The van der Waals surface area contributed by atoms with Gasteiger partial charge in [-0.25, -0.2) is 0 Å². The first-order chi connectivity index (χ1) is 8.60. The molecule has 1 aliphatic carbocycles. The second kappa shape index (κ2) is 5.63. The monoisotopic (exact) mass is 262 g/mol. The van der Waals surface area contributed by atoms with Crippen LogP contribution in [-0.2, 0) is 0 Å². The number of nitrogens with one attached hydrogen (secondary N) is 1. The maximum absolute atomic E-state index is 8.82. The van der Waals surface area contributed by atoms with Gasteiger partial charge in [-0.15, -0.1) is 0 Å². The maximum atomic E-state index is 8.82. The molecule has 0 saturated heterocycles. The van der Waals surface area contributed by atoms with Gasteiger partial charge in [-0.1, -0.05) is 31.9 Å². The molecule has 18 heavy (non-hydrogen) atoms. The number of nitriles is 1. The van der Waals surface area contributed by atoms with Gasteiger partial charge in [-0.3, -0.25) is 0 Å². The minimum Gasteiger partial charge on any atom is -0.381 e. The zero-order valence-corrected chi connectivity index (χ0v) is 11.7. The lowest BCUT2D eigenvalue weighted by atomic mass is 9.80. The van der Waals surface area contributed by atoms with Gasteiger partial charge in [-0.2, -0.15) is 5.26 Å². The molecule has 96 valence electrons. The zero-order chi connectivity index (χ0) is 13.1. The summed E-state index contributed by atoms with van der Waals surface area (Å²) in [6.45, 7) is 4.60. The quantitative estimate of drug-likeness (QED) is 0.855. The number of nitrogens with zero attached hydrogens (tertiary/aromatic N) is 1. The van der Waals surface area contributed by atoms with Crippen LogP contribution in [0, 0.1) is 23.2 Å². The van der Waals surface area contributed by atoms with Gasteiger partial charge in [0.2, 0.25) is 0 Å². The largest absolute Gasteiger partial charge is 0.381 e. The molecule has 0 aromatic heterocycles. The summed E-state index contributed by atoms with van der Waals surface area (Å²) >= 11 is 6.20. The molecule has 1 N–H and O–H groups in total. The normalized spacial score (nSPS) is 27.6. The minimum absolute atomic E-state index is 0.485. The van der Waals surface area contributed by atoms with Crippen molar-refractivity contribution in [1.29, 1.82) is 5.26 Å². The Balaban J connectivity index is 2.11. The minimum atomic E-state index is 0.485. The number of benzene rings is 1. The molecule has 0 heterocycles. The van der Waals surface area contributed by atoms with E-state index in [1.807, 2.05) is 12.1 Å². The first-order valence-corrected chi connectivity index (χ1v) is 6.94. The molecule has 2 rings (SSSR count). The molecule has 0 amide bonds. The van der Waals surface area contributed by atoms with E-state index in [4.69, 9.17) is 16.9 Å². The van der Waals surface area contributed by atoms with E-state index >= 15 is 0 Å².